The lowest BCUT2D eigenvalue weighted by Crippen LogP contribution is -2.43. The highest BCUT2D eigenvalue weighted by Crippen LogP contribution is 2.26. The number of hydrogen-bond donors (Lipinski definition) is 2. The van der Waals surface area contributed by atoms with Crippen molar-refractivity contribution >= 4 is 33.8 Å². The van der Waals surface area contributed by atoms with Crippen molar-refractivity contribution in [2.75, 3.05) is 6.61 Å². The van der Waals surface area contributed by atoms with Crippen LogP contribution in [0.4, 0.5) is 0 Å². The third kappa shape index (κ3) is 6.11. The van der Waals surface area contributed by atoms with Crippen LogP contribution in [0, 0.1) is 6.92 Å². The van der Waals surface area contributed by atoms with Crippen LogP contribution in [0.5, 0.6) is 5.75 Å². The summed E-state index contributed by atoms with van der Waals surface area (Å²) < 4.78 is 11.5. The van der Waals surface area contributed by atoms with E-state index in [1.54, 1.807) is 18.2 Å². The minimum atomic E-state index is -0.476. The van der Waals surface area contributed by atoms with Crippen molar-refractivity contribution in [1.82, 2.24) is 10.9 Å². The number of nitrogens with one attached hydrogen (secondary N) is 2. The monoisotopic (exact) mass is 406 g/mol. The number of rotatable bonds is 6. The van der Waals surface area contributed by atoms with Gasteiger partial charge in [-0.1, -0.05) is 13.0 Å². The molecular formula is C18H19BrN2O4. The maximum absolute atomic E-state index is 11.7. The molecule has 6 nitrogen and oxygen atoms in total. The average Bonchev–Trinajstić information content (AvgIpc) is 3.02. The van der Waals surface area contributed by atoms with Crippen molar-refractivity contribution in [1.29, 1.82) is 0 Å². The Bertz CT molecular complexity index is 783. The summed E-state index contributed by atoms with van der Waals surface area (Å²) in [7, 11) is 0. The van der Waals surface area contributed by atoms with Crippen molar-refractivity contribution in [2.45, 2.75) is 20.3 Å². The summed E-state index contributed by atoms with van der Waals surface area (Å²) in [6.45, 7) is 3.65. The van der Waals surface area contributed by atoms with Crippen molar-refractivity contribution in [2.24, 2.45) is 0 Å². The fourth-order valence-electron chi connectivity index (χ4n) is 1.93. The smallest absolute Gasteiger partial charge is 0.276 e. The summed E-state index contributed by atoms with van der Waals surface area (Å²) in [5, 5.41) is 0. The molecule has 7 heteroatoms. The molecule has 1 aromatic heterocycles. The van der Waals surface area contributed by atoms with Gasteiger partial charge in [-0.15, -0.1) is 0 Å². The van der Waals surface area contributed by atoms with Gasteiger partial charge in [-0.3, -0.25) is 20.4 Å². The van der Waals surface area contributed by atoms with E-state index in [1.807, 2.05) is 19.1 Å². The van der Waals surface area contributed by atoms with E-state index in [4.69, 9.17) is 9.15 Å². The number of hydrogen-bond acceptors (Lipinski definition) is 4. The van der Waals surface area contributed by atoms with Gasteiger partial charge in [0.25, 0.3) is 11.8 Å². The maximum atomic E-state index is 11.7. The highest BCUT2D eigenvalue weighted by atomic mass is 79.9. The topological polar surface area (TPSA) is 80.6 Å². The third-order valence-corrected chi connectivity index (χ3v) is 3.87. The van der Waals surface area contributed by atoms with E-state index >= 15 is 0 Å². The lowest BCUT2D eigenvalue weighted by molar-refractivity contribution is -0.128. The minimum absolute atomic E-state index is 0.217. The van der Waals surface area contributed by atoms with E-state index in [2.05, 4.69) is 33.7 Å². The second kappa shape index (κ2) is 9.08. The zero-order valence-corrected chi connectivity index (χ0v) is 15.6. The van der Waals surface area contributed by atoms with E-state index in [1.165, 1.54) is 12.2 Å². The summed E-state index contributed by atoms with van der Waals surface area (Å²) in [5.74, 6) is 0.927. The predicted molar refractivity (Wildman–Crippen MR) is 97.8 cm³/mol. The molecule has 0 spiro atoms. The van der Waals surface area contributed by atoms with Gasteiger partial charge in [0.2, 0.25) is 0 Å². The van der Waals surface area contributed by atoms with Crippen LogP contribution < -0.4 is 15.6 Å². The van der Waals surface area contributed by atoms with Crippen molar-refractivity contribution in [3.63, 3.8) is 0 Å². The Labute approximate surface area is 154 Å². The molecule has 2 aromatic rings. The number of carbonyl (C=O) groups is 2. The maximum Gasteiger partial charge on any atom is 0.276 e. The molecule has 0 unspecified atom stereocenters. The predicted octanol–water partition coefficient (Wildman–Crippen LogP) is 3.15. The number of hydrazine groups is 1. The van der Waals surface area contributed by atoms with Crippen LogP contribution in [0.25, 0.3) is 6.08 Å². The molecule has 2 amide bonds. The van der Waals surface area contributed by atoms with Crippen LogP contribution >= 0.6 is 15.9 Å². The van der Waals surface area contributed by atoms with Gasteiger partial charge < -0.3 is 9.15 Å². The van der Waals surface area contributed by atoms with Gasteiger partial charge in [-0.25, -0.2) is 0 Å². The number of ether oxygens (including phenoxy) is 1. The minimum Gasteiger partial charge on any atom is -0.483 e. The van der Waals surface area contributed by atoms with E-state index in [9.17, 15) is 9.59 Å². The lowest BCUT2D eigenvalue weighted by Gasteiger charge is -2.10. The van der Waals surface area contributed by atoms with Crippen molar-refractivity contribution in [3.8, 4) is 5.75 Å². The molecule has 1 heterocycles. The van der Waals surface area contributed by atoms with E-state index in [0.717, 1.165) is 22.2 Å². The molecule has 2 rings (SSSR count). The van der Waals surface area contributed by atoms with E-state index < -0.39 is 11.8 Å². The zero-order valence-electron chi connectivity index (χ0n) is 14.0. The fraction of sp³-hybridized carbons (Fsp3) is 0.222. The Morgan fingerprint density at radius 3 is 2.68 bits per heavy atom. The normalized spacial score (nSPS) is 10.7. The quantitative estimate of drug-likeness (QED) is 0.570. The standard InChI is InChI=1S/C18H19BrN2O4/c1-3-13-5-8-16(15(19)10-13)24-11-18(23)21-20-17(22)9-7-14-6-4-12(2)25-14/h4-10H,3,11H2,1-2H3,(H,20,22)(H,21,23). The molecule has 0 saturated carbocycles. The first kappa shape index (κ1) is 18.8. The van der Waals surface area contributed by atoms with Gasteiger partial charge in [0, 0.05) is 6.08 Å². The Morgan fingerprint density at radius 1 is 1.24 bits per heavy atom. The molecular weight excluding hydrogens is 388 g/mol. The Morgan fingerprint density at radius 2 is 2.04 bits per heavy atom. The molecule has 0 saturated heterocycles. The molecule has 0 atom stereocenters. The Balaban J connectivity index is 1.75. The molecule has 1 aromatic carbocycles. The molecule has 25 heavy (non-hydrogen) atoms. The largest absolute Gasteiger partial charge is 0.483 e. The van der Waals surface area contributed by atoms with Crippen molar-refractivity contribution < 1.29 is 18.7 Å². The fourth-order valence-corrected chi connectivity index (χ4v) is 2.48. The van der Waals surface area contributed by atoms with Gasteiger partial charge >= 0.3 is 0 Å². The van der Waals surface area contributed by atoms with Crippen molar-refractivity contribution in [3.05, 3.63) is 58.0 Å². The molecule has 0 bridgehead atoms. The van der Waals surface area contributed by atoms with E-state index in [-0.39, 0.29) is 6.61 Å². The first-order valence-corrected chi connectivity index (χ1v) is 8.51. The van der Waals surface area contributed by atoms with Gasteiger partial charge in [0.15, 0.2) is 6.61 Å². The molecule has 0 radical (unpaired) electrons. The van der Waals surface area contributed by atoms with Crippen LogP contribution in [0.2, 0.25) is 0 Å². The third-order valence-electron chi connectivity index (χ3n) is 3.25. The second-order valence-corrected chi connectivity index (χ2v) is 6.08. The van der Waals surface area contributed by atoms with E-state index in [0.29, 0.717) is 11.5 Å². The second-order valence-electron chi connectivity index (χ2n) is 5.23. The number of halogens is 1. The van der Waals surface area contributed by atoms with Crippen LogP contribution in [0.1, 0.15) is 24.0 Å². The van der Waals surface area contributed by atoms with Gasteiger partial charge in [0.1, 0.15) is 17.3 Å². The van der Waals surface area contributed by atoms with Gasteiger partial charge in [0.05, 0.1) is 4.47 Å². The van der Waals surface area contributed by atoms with Crippen LogP contribution in [0.3, 0.4) is 0 Å². The summed E-state index contributed by atoms with van der Waals surface area (Å²) >= 11 is 3.40. The summed E-state index contributed by atoms with van der Waals surface area (Å²) in [5.41, 5.74) is 5.71. The zero-order chi connectivity index (χ0) is 18.2. The number of carbonyl (C=O) groups excluding carboxylic acids is 2. The molecule has 2 N–H and O–H groups in total. The molecule has 0 fully saturated rings. The average molecular weight is 407 g/mol. The van der Waals surface area contributed by atoms with Crippen LogP contribution in [0.15, 0.2) is 45.3 Å². The number of aryl methyl sites for hydroxylation is 2. The highest BCUT2D eigenvalue weighted by Gasteiger charge is 2.07. The number of furan rings is 1. The highest BCUT2D eigenvalue weighted by molar-refractivity contribution is 9.10. The SMILES string of the molecule is CCc1ccc(OCC(=O)NNC(=O)C=Cc2ccc(C)o2)c(Br)c1. The molecule has 0 aliphatic rings. The number of benzene rings is 1. The Hall–Kier alpha value is -2.54. The summed E-state index contributed by atoms with van der Waals surface area (Å²) in [4.78, 5) is 23.3. The van der Waals surface area contributed by atoms with Gasteiger partial charge in [-0.2, -0.15) is 0 Å². The summed E-state index contributed by atoms with van der Waals surface area (Å²) in [6.07, 6.45) is 3.69. The number of amides is 2. The van der Waals surface area contributed by atoms with Crippen LogP contribution in [-0.2, 0) is 16.0 Å². The van der Waals surface area contributed by atoms with Gasteiger partial charge in [-0.05, 0) is 65.2 Å². The lowest BCUT2D eigenvalue weighted by atomic mass is 10.2. The first-order valence-electron chi connectivity index (χ1n) is 7.72. The van der Waals surface area contributed by atoms with Crippen LogP contribution in [-0.4, -0.2) is 18.4 Å². The molecule has 0 aliphatic heterocycles. The Kier molecular flexibility index (Phi) is 6.82. The molecule has 132 valence electrons. The molecule has 0 aliphatic carbocycles. The first-order chi connectivity index (χ1) is 12.0. The summed E-state index contributed by atoms with van der Waals surface area (Å²) in [6, 6.07) is 9.20.